The van der Waals surface area contributed by atoms with Gasteiger partial charge in [0.1, 0.15) is 11.8 Å². The first kappa shape index (κ1) is 16.8. The van der Waals surface area contributed by atoms with Gasteiger partial charge in [-0.3, -0.25) is 4.79 Å². The molecule has 26 heavy (non-hydrogen) atoms. The highest BCUT2D eigenvalue weighted by Crippen LogP contribution is 2.25. The van der Waals surface area contributed by atoms with Gasteiger partial charge in [0.2, 0.25) is 5.91 Å². The van der Waals surface area contributed by atoms with Crippen LogP contribution >= 0.6 is 11.6 Å². The number of hydrogen-bond acceptors (Lipinski definition) is 5. The molecule has 8 heteroatoms. The molecule has 0 unspecified atom stereocenters. The lowest BCUT2D eigenvalue weighted by atomic mass is 9.95. The molecule has 0 spiro atoms. The van der Waals surface area contributed by atoms with E-state index in [2.05, 4.69) is 30.2 Å². The molecule has 0 saturated carbocycles. The van der Waals surface area contributed by atoms with E-state index < -0.39 is 0 Å². The molecule has 1 fully saturated rings. The molecule has 3 aromatic rings. The normalized spacial score (nSPS) is 15.3. The van der Waals surface area contributed by atoms with E-state index in [0.29, 0.717) is 17.2 Å². The average Bonchev–Trinajstić information content (AvgIpc) is 3.16. The number of fused-ring (bicyclic) bond motifs is 1. The lowest BCUT2D eigenvalue weighted by molar-refractivity contribution is -0.125. The number of halogens is 1. The maximum Gasteiger partial charge on any atom is 0.223 e. The van der Waals surface area contributed by atoms with Gasteiger partial charge < -0.3 is 15.2 Å². The van der Waals surface area contributed by atoms with Crippen LogP contribution in [0.3, 0.4) is 0 Å². The predicted molar refractivity (Wildman–Crippen MR) is 99.9 cm³/mol. The lowest BCUT2D eigenvalue weighted by Gasteiger charge is -2.32. The summed E-state index contributed by atoms with van der Waals surface area (Å²) in [5, 5.41) is 3.72. The van der Waals surface area contributed by atoms with Crippen molar-refractivity contribution in [2.24, 2.45) is 5.92 Å². The lowest BCUT2D eigenvalue weighted by Crippen LogP contribution is -2.40. The highest BCUT2D eigenvalue weighted by atomic mass is 35.5. The predicted octanol–water partition coefficient (Wildman–Crippen LogP) is 2.54. The van der Waals surface area contributed by atoms with Crippen molar-refractivity contribution in [1.29, 1.82) is 0 Å². The van der Waals surface area contributed by atoms with Crippen molar-refractivity contribution in [3.05, 3.63) is 47.5 Å². The fourth-order valence-electron chi connectivity index (χ4n) is 3.28. The maximum absolute atomic E-state index is 12.5. The molecule has 2 N–H and O–H groups in total. The Balaban J connectivity index is 1.33. The number of carbonyl (C=O) groups excluding carboxylic acids is 1. The summed E-state index contributed by atoms with van der Waals surface area (Å²) in [6.45, 7) is 2.09. The van der Waals surface area contributed by atoms with Crippen molar-refractivity contribution >= 4 is 34.5 Å². The first-order valence-electron chi connectivity index (χ1n) is 8.62. The van der Waals surface area contributed by atoms with Gasteiger partial charge in [0, 0.05) is 30.6 Å². The Morgan fingerprint density at radius 1 is 1.19 bits per heavy atom. The third-order valence-electron chi connectivity index (χ3n) is 4.75. The maximum atomic E-state index is 12.5. The number of benzene rings is 1. The van der Waals surface area contributed by atoms with Crippen LogP contribution in [0.1, 0.15) is 18.4 Å². The van der Waals surface area contributed by atoms with E-state index in [9.17, 15) is 4.79 Å². The number of nitrogens with one attached hydrogen (secondary N) is 2. The Morgan fingerprint density at radius 2 is 1.96 bits per heavy atom. The number of anilines is 1. The third-order valence-corrected chi connectivity index (χ3v) is 5.00. The minimum atomic E-state index is 0.0256. The van der Waals surface area contributed by atoms with Crippen LogP contribution in [-0.2, 0) is 11.3 Å². The first-order chi connectivity index (χ1) is 12.7. The highest BCUT2D eigenvalue weighted by Gasteiger charge is 2.26. The third kappa shape index (κ3) is 3.48. The molecular weight excluding hydrogens is 352 g/mol. The SMILES string of the molecule is O=C(NCc1ccc(Cl)cc1)C1CCN(c2ncnc3nc[nH]c23)CC1. The Hall–Kier alpha value is -2.67. The summed E-state index contributed by atoms with van der Waals surface area (Å²) < 4.78 is 0. The molecule has 1 saturated heterocycles. The van der Waals surface area contributed by atoms with Crippen molar-refractivity contribution in [1.82, 2.24) is 25.3 Å². The summed E-state index contributed by atoms with van der Waals surface area (Å²) in [6, 6.07) is 7.52. The zero-order valence-electron chi connectivity index (χ0n) is 14.2. The van der Waals surface area contributed by atoms with Gasteiger partial charge in [-0.1, -0.05) is 23.7 Å². The fourth-order valence-corrected chi connectivity index (χ4v) is 3.41. The number of aromatic nitrogens is 4. The van der Waals surface area contributed by atoms with E-state index in [-0.39, 0.29) is 11.8 Å². The smallest absolute Gasteiger partial charge is 0.223 e. The second-order valence-electron chi connectivity index (χ2n) is 6.40. The number of H-pyrrole nitrogens is 1. The second kappa shape index (κ2) is 7.29. The van der Waals surface area contributed by atoms with Gasteiger partial charge in [-0.2, -0.15) is 0 Å². The van der Waals surface area contributed by atoms with Gasteiger partial charge in [-0.05, 0) is 30.5 Å². The van der Waals surface area contributed by atoms with Crippen LogP contribution in [0.2, 0.25) is 5.02 Å². The molecule has 2 aromatic heterocycles. The summed E-state index contributed by atoms with van der Waals surface area (Å²) >= 11 is 5.88. The quantitative estimate of drug-likeness (QED) is 0.737. The van der Waals surface area contributed by atoms with Crippen LogP contribution < -0.4 is 10.2 Å². The molecule has 1 aliphatic rings. The van der Waals surface area contributed by atoms with Gasteiger partial charge in [-0.25, -0.2) is 15.0 Å². The molecule has 4 rings (SSSR count). The van der Waals surface area contributed by atoms with Crippen LogP contribution in [0.4, 0.5) is 5.82 Å². The number of carbonyl (C=O) groups is 1. The molecule has 0 bridgehead atoms. The summed E-state index contributed by atoms with van der Waals surface area (Å²) in [5.74, 6) is 0.985. The largest absolute Gasteiger partial charge is 0.355 e. The van der Waals surface area contributed by atoms with Gasteiger partial charge in [-0.15, -0.1) is 0 Å². The summed E-state index contributed by atoms with van der Waals surface area (Å²) in [5.41, 5.74) is 2.55. The van der Waals surface area contributed by atoms with Crippen molar-refractivity contribution < 1.29 is 4.79 Å². The molecule has 0 atom stereocenters. The van der Waals surface area contributed by atoms with Crippen LogP contribution in [0.25, 0.3) is 11.2 Å². The fraction of sp³-hybridized carbons (Fsp3) is 0.333. The van der Waals surface area contributed by atoms with Crippen LogP contribution in [-0.4, -0.2) is 38.9 Å². The van der Waals surface area contributed by atoms with Gasteiger partial charge >= 0.3 is 0 Å². The second-order valence-corrected chi connectivity index (χ2v) is 6.84. The zero-order valence-corrected chi connectivity index (χ0v) is 14.9. The van der Waals surface area contributed by atoms with Crippen molar-refractivity contribution in [2.45, 2.75) is 19.4 Å². The molecule has 1 aromatic carbocycles. The van der Waals surface area contributed by atoms with E-state index in [1.165, 1.54) is 6.33 Å². The van der Waals surface area contributed by atoms with Gasteiger partial charge in [0.15, 0.2) is 11.5 Å². The average molecular weight is 371 g/mol. The molecule has 7 nitrogen and oxygen atoms in total. The Morgan fingerprint density at radius 3 is 2.73 bits per heavy atom. The molecule has 0 radical (unpaired) electrons. The number of rotatable bonds is 4. The molecule has 3 heterocycles. The number of nitrogens with zero attached hydrogens (tertiary/aromatic N) is 4. The Kier molecular flexibility index (Phi) is 4.71. The van der Waals surface area contributed by atoms with E-state index in [4.69, 9.17) is 11.6 Å². The standard InChI is InChI=1S/C18H19ClN6O/c19-14-3-1-12(2-4-14)9-20-18(26)13-5-7-25(8-6-13)17-15-16(22-10-21-15)23-11-24-17/h1-4,10-11,13H,5-9H2,(H,20,26)(H,21,22,23,24). The number of amides is 1. The molecule has 1 amide bonds. The topological polar surface area (TPSA) is 86.8 Å². The van der Waals surface area contributed by atoms with Crippen molar-refractivity contribution in [2.75, 3.05) is 18.0 Å². The van der Waals surface area contributed by atoms with Crippen LogP contribution in [0, 0.1) is 5.92 Å². The van der Waals surface area contributed by atoms with Crippen molar-refractivity contribution in [3.8, 4) is 0 Å². The summed E-state index contributed by atoms with van der Waals surface area (Å²) in [6.07, 6.45) is 4.75. The molecule has 134 valence electrons. The van der Waals surface area contributed by atoms with E-state index in [1.807, 2.05) is 24.3 Å². The minimum Gasteiger partial charge on any atom is -0.355 e. The first-order valence-corrected chi connectivity index (χ1v) is 8.99. The Labute approximate surface area is 155 Å². The van der Waals surface area contributed by atoms with E-state index >= 15 is 0 Å². The van der Waals surface area contributed by atoms with Gasteiger partial charge in [0.05, 0.1) is 6.33 Å². The molecule has 1 aliphatic heterocycles. The number of piperidine rings is 1. The number of aromatic amines is 1. The minimum absolute atomic E-state index is 0.0256. The van der Waals surface area contributed by atoms with Crippen LogP contribution in [0.15, 0.2) is 36.9 Å². The van der Waals surface area contributed by atoms with Crippen molar-refractivity contribution in [3.63, 3.8) is 0 Å². The van der Waals surface area contributed by atoms with Gasteiger partial charge in [0.25, 0.3) is 0 Å². The molecular formula is C18H19ClN6O. The Bertz CT molecular complexity index is 901. The van der Waals surface area contributed by atoms with E-state index in [1.54, 1.807) is 6.33 Å². The number of hydrogen-bond donors (Lipinski definition) is 2. The zero-order chi connectivity index (χ0) is 17.9. The highest BCUT2D eigenvalue weighted by molar-refractivity contribution is 6.30. The summed E-state index contributed by atoms with van der Waals surface area (Å²) in [4.78, 5) is 30.4. The summed E-state index contributed by atoms with van der Waals surface area (Å²) in [7, 11) is 0. The monoisotopic (exact) mass is 370 g/mol. The van der Waals surface area contributed by atoms with Crippen LogP contribution in [0.5, 0.6) is 0 Å². The number of imidazole rings is 1. The molecule has 0 aliphatic carbocycles. The van der Waals surface area contributed by atoms with E-state index in [0.717, 1.165) is 42.8 Å².